The van der Waals surface area contributed by atoms with Crippen LogP contribution in [0.1, 0.15) is 30.9 Å². The second kappa shape index (κ2) is 6.92. The maximum absolute atomic E-state index is 12.4. The highest BCUT2D eigenvalue weighted by Crippen LogP contribution is 2.20. The van der Waals surface area contributed by atoms with Crippen LogP contribution in [0.5, 0.6) is 0 Å². The van der Waals surface area contributed by atoms with Crippen molar-refractivity contribution in [3.63, 3.8) is 0 Å². The lowest BCUT2D eigenvalue weighted by Crippen LogP contribution is -2.47. The number of primary amides is 1. The van der Waals surface area contributed by atoms with Crippen molar-refractivity contribution in [3.8, 4) is 0 Å². The normalized spacial score (nSPS) is 18.0. The van der Waals surface area contributed by atoms with Gasteiger partial charge in [0.05, 0.1) is 6.04 Å². The van der Waals surface area contributed by atoms with E-state index in [0.29, 0.717) is 0 Å². The second-order valence-corrected chi connectivity index (χ2v) is 6.20. The van der Waals surface area contributed by atoms with Crippen LogP contribution in [-0.4, -0.2) is 35.8 Å². The molecule has 0 radical (unpaired) electrons. The van der Waals surface area contributed by atoms with E-state index in [1.807, 2.05) is 39.0 Å². The first-order valence-corrected chi connectivity index (χ1v) is 7.80. The van der Waals surface area contributed by atoms with Crippen molar-refractivity contribution in [1.29, 1.82) is 0 Å². The van der Waals surface area contributed by atoms with E-state index in [4.69, 9.17) is 5.73 Å². The number of anilines is 1. The Kier molecular flexibility index (Phi) is 5.19. The zero-order valence-corrected chi connectivity index (χ0v) is 13.6. The molecular formula is C17H25N3O2. The molecule has 0 unspecified atom stereocenters. The Hall–Kier alpha value is -1.88. The molecule has 1 saturated heterocycles. The van der Waals surface area contributed by atoms with E-state index in [-0.39, 0.29) is 23.8 Å². The fraction of sp³-hybridized carbons (Fsp3) is 0.529. The lowest BCUT2D eigenvalue weighted by atomic mass is 9.95. The summed E-state index contributed by atoms with van der Waals surface area (Å²) in [5, 5.41) is 3.01. The van der Waals surface area contributed by atoms with E-state index < -0.39 is 0 Å². The van der Waals surface area contributed by atoms with Crippen LogP contribution in [0.25, 0.3) is 0 Å². The number of likely N-dealkylation sites (tertiary alicyclic amines) is 1. The number of rotatable bonds is 4. The van der Waals surface area contributed by atoms with Crippen LogP contribution in [0.3, 0.4) is 0 Å². The number of benzene rings is 1. The lowest BCUT2D eigenvalue weighted by Gasteiger charge is -2.34. The molecule has 120 valence electrons. The summed E-state index contributed by atoms with van der Waals surface area (Å²) in [7, 11) is 0. The largest absolute Gasteiger partial charge is 0.369 e. The number of aryl methyl sites for hydroxylation is 2. The standard InChI is InChI=1S/C17H25N3O2/c1-11-4-5-12(2)15(10-11)19-17(22)13(3)20-8-6-14(7-9-20)16(18)21/h4-5,10,13-14H,6-9H2,1-3H3,(H2,18,21)(H,19,22)/t13-/m0/s1. The van der Waals surface area contributed by atoms with Gasteiger partial charge in [-0.2, -0.15) is 0 Å². The van der Waals surface area contributed by atoms with Gasteiger partial charge in [-0.05, 0) is 63.9 Å². The number of carbonyl (C=O) groups excluding carboxylic acids is 2. The van der Waals surface area contributed by atoms with Crippen molar-refractivity contribution < 1.29 is 9.59 Å². The zero-order chi connectivity index (χ0) is 16.3. The minimum atomic E-state index is -0.229. The first kappa shape index (κ1) is 16.5. The molecule has 5 heteroatoms. The highest BCUT2D eigenvalue weighted by Gasteiger charge is 2.28. The van der Waals surface area contributed by atoms with Crippen LogP contribution in [0.2, 0.25) is 0 Å². The number of hydrogen-bond donors (Lipinski definition) is 2. The van der Waals surface area contributed by atoms with E-state index in [1.165, 1.54) is 0 Å². The molecule has 0 aromatic heterocycles. The Morgan fingerprint density at radius 2 is 1.91 bits per heavy atom. The molecule has 0 bridgehead atoms. The number of nitrogens with two attached hydrogens (primary N) is 1. The fourth-order valence-corrected chi connectivity index (χ4v) is 2.84. The third kappa shape index (κ3) is 3.85. The second-order valence-electron chi connectivity index (χ2n) is 6.20. The highest BCUT2D eigenvalue weighted by molar-refractivity contribution is 5.95. The Labute approximate surface area is 131 Å². The van der Waals surface area contributed by atoms with Crippen molar-refractivity contribution in [3.05, 3.63) is 29.3 Å². The van der Waals surface area contributed by atoms with Crippen LogP contribution in [0.4, 0.5) is 5.69 Å². The number of nitrogens with zero attached hydrogens (tertiary/aromatic N) is 1. The smallest absolute Gasteiger partial charge is 0.241 e. The van der Waals surface area contributed by atoms with Crippen LogP contribution < -0.4 is 11.1 Å². The quantitative estimate of drug-likeness (QED) is 0.891. The van der Waals surface area contributed by atoms with E-state index in [1.54, 1.807) is 0 Å². The number of carbonyl (C=O) groups is 2. The molecular weight excluding hydrogens is 278 g/mol. The lowest BCUT2D eigenvalue weighted by molar-refractivity contribution is -0.124. The van der Waals surface area contributed by atoms with Gasteiger partial charge in [-0.15, -0.1) is 0 Å². The summed E-state index contributed by atoms with van der Waals surface area (Å²) < 4.78 is 0. The first-order chi connectivity index (χ1) is 10.4. The van der Waals surface area contributed by atoms with Crippen molar-refractivity contribution in [1.82, 2.24) is 4.90 Å². The summed E-state index contributed by atoms with van der Waals surface area (Å²) in [6, 6.07) is 5.81. The van der Waals surface area contributed by atoms with Crippen molar-refractivity contribution in [2.75, 3.05) is 18.4 Å². The predicted octanol–water partition coefficient (Wildman–Crippen LogP) is 1.83. The Morgan fingerprint density at radius 1 is 1.27 bits per heavy atom. The van der Waals surface area contributed by atoms with Crippen LogP contribution in [0.15, 0.2) is 18.2 Å². The SMILES string of the molecule is Cc1ccc(C)c(NC(=O)[C@H](C)N2CCC(C(N)=O)CC2)c1. The molecule has 3 N–H and O–H groups in total. The summed E-state index contributed by atoms with van der Waals surface area (Å²) >= 11 is 0. The molecule has 0 spiro atoms. The fourth-order valence-electron chi connectivity index (χ4n) is 2.84. The summed E-state index contributed by atoms with van der Waals surface area (Å²) in [6.45, 7) is 7.36. The monoisotopic (exact) mass is 303 g/mol. The Bertz CT molecular complexity index is 563. The molecule has 0 aliphatic carbocycles. The minimum absolute atomic E-state index is 0.00812. The van der Waals surface area contributed by atoms with Gasteiger partial charge in [-0.25, -0.2) is 0 Å². The van der Waals surface area contributed by atoms with Gasteiger partial charge in [0, 0.05) is 11.6 Å². The van der Waals surface area contributed by atoms with E-state index >= 15 is 0 Å². The van der Waals surface area contributed by atoms with E-state index in [2.05, 4.69) is 10.2 Å². The van der Waals surface area contributed by atoms with Gasteiger partial charge >= 0.3 is 0 Å². The number of amides is 2. The van der Waals surface area contributed by atoms with Gasteiger partial charge in [0.1, 0.15) is 0 Å². The summed E-state index contributed by atoms with van der Waals surface area (Å²) in [5.41, 5.74) is 8.38. The molecule has 1 aliphatic rings. The average molecular weight is 303 g/mol. The first-order valence-electron chi connectivity index (χ1n) is 7.80. The summed E-state index contributed by atoms with van der Waals surface area (Å²) in [5.74, 6) is -0.288. The molecule has 1 heterocycles. The number of hydrogen-bond acceptors (Lipinski definition) is 3. The van der Waals surface area contributed by atoms with Gasteiger partial charge in [0.15, 0.2) is 0 Å². The molecule has 5 nitrogen and oxygen atoms in total. The van der Waals surface area contributed by atoms with Gasteiger partial charge in [-0.3, -0.25) is 14.5 Å². The maximum Gasteiger partial charge on any atom is 0.241 e. The van der Waals surface area contributed by atoms with Crippen molar-refractivity contribution in [2.24, 2.45) is 11.7 Å². The predicted molar refractivity (Wildman–Crippen MR) is 87.5 cm³/mol. The molecule has 1 atom stereocenters. The molecule has 0 saturated carbocycles. The molecule has 2 rings (SSSR count). The number of nitrogens with one attached hydrogen (secondary N) is 1. The van der Waals surface area contributed by atoms with Gasteiger partial charge in [0.2, 0.25) is 11.8 Å². The molecule has 1 aromatic rings. The van der Waals surface area contributed by atoms with Crippen LogP contribution >= 0.6 is 0 Å². The Morgan fingerprint density at radius 3 is 2.50 bits per heavy atom. The van der Waals surface area contributed by atoms with E-state index in [0.717, 1.165) is 42.7 Å². The molecule has 2 amide bonds. The third-order valence-corrected chi connectivity index (χ3v) is 4.51. The Balaban J connectivity index is 1.95. The van der Waals surface area contributed by atoms with E-state index in [9.17, 15) is 9.59 Å². The molecule has 1 aliphatic heterocycles. The molecule has 22 heavy (non-hydrogen) atoms. The molecule has 1 aromatic carbocycles. The average Bonchev–Trinajstić information content (AvgIpc) is 2.50. The highest BCUT2D eigenvalue weighted by atomic mass is 16.2. The summed E-state index contributed by atoms with van der Waals surface area (Å²) in [4.78, 5) is 25.8. The van der Waals surface area contributed by atoms with Gasteiger partial charge in [-0.1, -0.05) is 12.1 Å². The van der Waals surface area contributed by atoms with Crippen molar-refractivity contribution in [2.45, 2.75) is 39.7 Å². The summed E-state index contributed by atoms with van der Waals surface area (Å²) in [6.07, 6.45) is 1.47. The van der Waals surface area contributed by atoms with Crippen LogP contribution in [0, 0.1) is 19.8 Å². The van der Waals surface area contributed by atoms with Crippen LogP contribution in [-0.2, 0) is 9.59 Å². The third-order valence-electron chi connectivity index (χ3n) is 4.51. The van der Waals surface area contributed by atoms with Gasteiger partial charge < -0.3 is 11.1 Å². The van der Waals surface area contributed by atoms with Crippen molar-refractivity contribution >= 4 is 17.5 Å². The number of piperidine rings is 1. The zero-order valence-electron chi connectivity index (χ0n) is 13.6. The van der Waals surface area contributed by atoms with Gasteiger partial charge in [0.25, 0.3) is 0 Å². The molecule has 1 fully saturated rings. The topological polar surface area (TPSA) is 75.4 Å². The minimum Gasteiger partial charge on any atom is -0.369 e. The maximum atomic E-state index is 12.4.